The van der Waals surface area contributed by atoms with Gasteiger partial charge in [-0.1, -0.05) is 112 Å². The van der Waals surface area contributed by atoms with Crippen molar-refractivity contribution in [3.05, 3.63) is 113 Å². The van der Waals surface area contributed by atoms with Gasteiger partial charge in [0.25, 0.3) is 5.91 Å². The van der Waals surface area contributed by atoms with Crippen molar-refractivity contribution in [3.63, 3.8) is 0 Å². The van der Waals surface area contributed by atoms with E-state index in [2.05, 4.69) is 32.9 Å². The van der Waals surface area contributed by atoms with E-state index in [1.807, 2.05) is 78.9 Å². The highest BCUT2D eigenvalue weighted by Crippen LogP contribution is 2.46. The molecule has 0 unspecified atom stereocenters. The predicted molar refractivity (Wildman–Crippen MR) is 149 cm³/mol. The Hall–Kier alpha value is -3.50. The molecule has 1 aliphatic rings. The maximum Gasteiger partial charge on any atom is 0.253 e. The summed E-state index contributed by atoms with van der Waals surface area (Å²) in [6.45, 7) is 6.73. The van der Waals surface area contributed by atoms with Gasteiger partial charge in [0.2, 0.25) is 0 Å². The van der Waals surface area contributed by atoms with Crippen LogP contribution >= 0.6 is 0 Å². The number of fused-ring (bicyclic) bond motifs is 1. The van der Waals surface area contributed by atoms with E-state index < -0.39 is 12.0 Å². The Kier molecular flexibility index (Phi) is 7.38. The second kappa shape index (κ2) is 10.9. The summed E-state index contributed by atoms with van der Waals surface area (Å²) >= 11 is 0. The van der Waals surface area contributed by atoms with Crippen LogP contribution < -0.4 is 0 Å². The third kappa shape index (κ3) is 5.03. The number of aromatic nitrogens is 2. The van der Waals surface area contributed by atoms with E-state index in [-0.39, 0.29) is 5.91 Å². The molecule has 0 fully saturated rings. The third-order valence-electron chi connectivity index (χ3n) is 7.90. The number of aliphatic hydroxyl groups is 1. The van der Waals surface area contributed by atoms with Crippen LogP contribution in [0.5, 0.6) is 0 Å². The maximum atomic E-state index is 14.5. The molecule has 0 radical (unpaired) electrons. The highest BCUT2D eigenvalue weighted by Gasteiger charge is 2.38. The number of hydrogen-bond acceptors (Lipinski definition) is 3. The van der Waals surface area contributed by atoms with Crippen LogP contribution in [0.15, 0.2) is 91.0 Å². The van der Waals surface area contributed by atoms with Crippen molar-refractivity contribution in [1.29, 1.82) is 0 Å². The van der Waals surface area contributed by atoms with Crippen LogP contribution in [-0.4, -0.2) is 20.8 Å². The molecular formula is C33H36N2O2. The number of hydrogen-bond donors (Lipinski definition) is 1. The van der Waals surface area contributed by atoms with Crippen LogP contribution in [0.3, 0.4) is 0 Å². The Morgan fingerprint density at radius 3 is 2.14 bits per heavy atom. The van der Waals surface area contributed by atoms with Gasteiger partial charge >= 0.3 is 0 Å². The van der Waals surface area contributed by atoms with Gasteiger partial charge in [0.1, 0.15) is 0 Å². The molecule has 1 heterocycles. The molecule has 1 aliphatic carbocycles. The summed E-state index contributed by atoms with van der Waals surface area (Å²) in [5, 5.41) is 16.6. The smallest absolute Gasteiger partial charge is 0.253 e. The number of aliphatic hydroxyl groups excluding tert-OH is 1. The number of benzene rings is 3. The molecule has 4 nitrogen and oxygen atoms in total. The van der Waals surface area contributed by atoms with Crippen LogP contribution in [0, 0.1) is 11.8 Å². The van der Waals surface area contributed by atoms with E-state index in [1.165, 1.54) is 5.56 Å². The van der Waals surface area contributed by atoms with Gasteiger partial charge < -0.3 is 5.11 Å². The van der Waals surface area contributed by atoms with Crippen LogP contribution in [0.25, 0.3) is 11.3 Å². The fourth-order valence-electron chi connectivity index (χ4n) is 5.84. The molecule has 190 valence electrons. The van der Waals surface area contributed by atoms with Crippen molar-refractivity contribution >= 4 is 5.91 Å². The molecular weight excluding hydrogens is 456 g/mol. The Balaban J connectivity index is 1.67. The van der Waals surface area contributed by atoms with Gasteiger partial charge in [-0.15, -0.1) is 0 Å². The highest BCUT2D eigenvalue weighted by molar-refractivity contribution is 5.87. The number of rotatable bonds is 7. The molecule has 0 spiro atoms. The standard InChI is InChI=1S/C33H36N2O2/c1-22(2)27-20-19-23(3)29-30(27)34-35(31(29)25-15-9-5-10-16-25)33(37)28(21-24-13-7-4-8-14-24)32(36)26-17-11-6-12-18-26/h4-18,22-23,27-28,32,36H,19-21H2,1-3H3/t23-,27+,28+,32+/m1/s1. The molecule has 4 heteroatoms. The van der Waals surface area contributed by atoms with Crippen LogP contribution in [0.2, 0.25) is 0 Å². The van der Waals surface area contributed by atoms with Gasteiger partial charge in [-0.2, -0.15) is 9.78 Å². The predicted octanol–water partition coefficient (Wildman–Crippen LogP) is 7.42. The maximum absolute atomic E-state index is 14.5. The quantitative estimate of drug-likeness (QED) is 0.292. The van der Waals surface area contributed by atoms with Crippen molar-refractivity contribution < 1.29 is 9.90 Å². The minimum Gasteiger partial charge on any atom is -0.388 e. The van der Waals surface area contributed by atoms with Gasteiger partial charge in [0.05, 0.1) is 23.4 Å². The molecule has 0 saturated carbocycles. The lowest BCUT2D eigenvalue weighted by Crippen LogP contribution is -2.30. The molecule has 0 bridgehead atoms. The zero-order valence-corrected chi connectivity index (χ0v) is 21.9. The molecule has 0 saturated heterocycles. The second-order valence-electron chi connectivity index (χ2n) is 10.7. The Morgan fingerprint density at radius 1 is 0.919 bits per heavy atom. The summed E-state index contributed by atoms with van der Waals surface area (Å²) in [7, 11) is 0. The highest BCUT2D eigenvalue weighted by atomic mass is 16.3. The van der Waals surface area contributed by atoms with Crippen molar-refractivity contribution in [2.24, 2.45) is 11.8 Å². The second-order valence-corrected chi connectivity index (χ2v) is 10.7. The first-order valence-electron chi connectivity index (χ1n) is 13.4. The van der Waals surface area contributed by atoms with Crippen LogP contribution in [-0.2, 0) is 6.42 Å². The molecule has 3 aromatic carbocycles. The van der Waals surface area contributed by atoms with E-state index in [4.69, 9.17) is 5.10 Å². The van der Waals surface area contributed by atoms with E-state index >= 15 is 0 Å². The fourth-order valence-corrected chi connectivity index (χ4v) is 5.84. The molecule has 37 heavy (non-hydrogen) atoms. The first-order chi connectivity index (χ1) is 18.0. The molecule has 0 aliphatic heterocycles. The molecule has 5 rings (SSSR count). The summed E-state index contributed by atoms with van der Waals surface area (Å²) < 4.78 is 1.64. The fraction of sp³-hybridized carbons (Fsp3) is 0.333. The van der Waals surface area contributed by atoms with Crippen molar-refractivity contribution in [2.45, 2.75) is 58.0 Å². The molecule has 4 atom stereocenters. The summed E-state index contributed by atoms with van der Waals surface area (Å²) in [5.41, 5.74) is 5.88. The zero-order chi connectivity index (χ0) is 25.9. The first kappa shape index (κ1) is 25.2. The van der Waals surface area contributed by atoms with Gasteiger partial charge in [0.15, 0.2) is 0 Å². The lowest BCUT2D eigenvalue weighted by molar-refractivity contribution is 0.0577. The largest absolute Gasteiger partial charge is 0.388 e. The van der Waals surface area contributed by atoms with Crippen LogP contribution in [0.1, 0.15) is 78.7 Å². The van der Waals surface area contributed by atoms with Crippen LogP contribution in [0.4, 0.5) is 0 Å². The van der Waals surface area contributed by atoms with Crippen molar-refractivity contribution in [3.8, 4) is 11.3 Å². The summed E-state index contributed by atoms with van der Waals surface area (Å²) in [4.78, 5) is 14.5. The summed E-state index contributed by atoms with van der Waals surface area (Å²) in [6.07, 6.45) is 1.63. The lowest BCUT2D eigenvalue weighted by atomic mass is 9.75. The number of carbonyl (C=O) groups is 1. The van der Waals surface area contributed by atoms with Crippen molar-refractivity contribution in [1.82, 2.24) is 9.78 Å². The molecule has 4 aromatic rings. The monoisotopic (exact) mass is 492 g/mol. The van der Waals surface area contributed by atoms with Gasteiger partial charge in [0, 0.05) is 17.0 Å². The lowest BCUT2D eigenvalue weighted by Gasteiger charge is -2.29. The minimum absolute atomic E-state index is 0.164. The first-order valence-corrected chi connectivity index (χ1v) is 13.4. The summed E-state index contributed by atoms with van der Waals surface area (Å²) in [5.74, 6) is 0.218. The van der Waals surface area contributed by atoms with Gasteiger partial charge in [-0.3, -0.25) is 4.79 Å². The average molecular weight is 493 g/mol. The Morgan fingerprint density at radius 2 is 1.51 bits per heavy atom. The van der Waals surface area contributed by atoms with E-state index in [0.717, 1.165) is 40.9 Å². The third-order valence-corrected chi connectivity index (χ3v) is 7.90. The van der Waals surface area contributed by atoms with Crippen molar-refractivity contribution in [2.75, 3.05) is 0 Å². The summed E-state index contributed by atoms with van der Waals surface area (Å²) in [6, 6.07) is 29.6. The SMILES string of the molecule is CC(C)[C@@H]1CC[C@@H](C)c2c1nn(C(=O)[C@@H](Cc1ccccc1)[C@@H](O)c1ccccc1)c2-c1ccccc1. The van der Waals surface area contributed by atoms with E-state index in [9.17, 15) is 9.90 Å². The topological polar surface area (TPSA) is 55.1 Å². The van der Waals surface area contributed by atoms with E-state index in [0.29, 0.717) is 24.2 Å². The number of nitrogens with zero attached hydrogens (tertiary/aromatic N) is 2. The molecule has 1 N–H and O–H groups in total. The molecule has 0 amide bonds. The Labute approximate surface area is 220 Å². The molecule has 1 aromatic heterocycles. The minimum atomic E-state index is -0.947. The van der Waals surface area contributed by atoms with E-state index in [1.54, 1.807) is 4.68 Å². The number of carbonyl (C=O) groups excluding carboxylic acids is 1. The average Bonchev–Trinajstić information content (AvgIpc) is 3.34. The Bertz CT molecular complexity index is 1330. The zero-order valence-electron chi connectivity index (χ0n) is 21.9. The normalized spacial score (nSPS) is 18.8. The van der Waals surface area contributed by atoms with Gasteiger partial charge in [-0.05, 0) is 42.2 Å². The van der Waals surface area contributed by atoms with Gasteiger partial charge in [-0.25, -0.2) is 0 Å².